The second kappa shape index (κ2) is 8.68. The lowest BCUT2D eigenvalue weighted by molar-refractivity contribution is -0.126. The first-order chi connectivity index (χ1) is 12.7. The maximum atomic E-state index is 12.9. The van der Waals surface area contributed by atoms with Crippen LogP contribution in [0.4, 0.5) is 0 Å². The predicted molar refractivity (Wildman–Crippen MR) is 107 cm³/mol. The van der Waals surface area contributed by atoms with E-state index in [0.717, 1.165) is 30.6 Å². The van der Waals surface area contributed by atoms with Crippen molar-refractivity contribution in [3.8, 4) is 0 Å². The van der Waals surface area contributed by atoms with Crippen molar-refractivity contribution in [1.29, 1.82) is 0 Å². The van der Waals surface area contributed by atoms with Gasteiger partial charge < -0.3 is 10.3 Å². The van der Waals surface area contributed by atoms with Crippen molar-refractivity contribution in [3.05, 3.63) is 71.9 Å². The standard InChI is InChI=1S/C22H27N3O/c1-3-25(4-2)21(17-10-6-5-7-11-17)22(26)23-15-14-18-16-24-20-13-9-8-12-19(18)20/h5-13,16,21,24H,3-4,14-15H2,1-2H3,(H,23,26). The summed E-state index contributed by atoms with van der Waals surface area (Å²) >= 11 is 0. The van der Waals surface area contributed by atoms with Crippen LogP contribution in [0.15, 0.2) is 60.8 Å². The Morgan fingerprint density at radius 1 is 1.04 bits per heavy atom. The molecular weight excluding hydrogens is 322 g/mol. The van der Waals surface area contributed by atoms with E-state index in [1.165, 1.54) is 10.9 Å². The minimum atomic E-state index is -0.242. The molecule has 26 heavy (non-hydrogen) atoms. The fourth-order valence-electron chi connectivity index (χ4n) is 3.51. The number of H-pyrrole nitrogens is 1. The Bertz CT molecular complexity index is 837. The van der Waals surface area contributed by atoms with Gasteiger partial charge in [-0.15, -0.1) is 0 Å². The van der Waals surface area contributed by atoms with Crippen LogP contribution in [-0.2, 0) is 11.2 Å². The summed E-state index contributed by atoms with van der Waals surface area (Å²) < 4.78 is 0. The minimum absolute atomic E-state index is 0.0692. The molecule has 4 nitrogen and oxygen atoms in total. The lowest BCUT2D eigenvalue weighted by atomic mass is 10.0. The van der Waals surface area contributed by atoms with E-state index in [2.05, 4.69) is 41.2 Å². The fraction of sp³-hybridized carbons (Fsp3) is 0.318. The van der Waals surface area contributed by atoms with Crippen LogP contribution in [0.1, 0.15) is 31.0 Å². The molecule has 0 radical (unpaired) electrons. The van der Waals surface area contributed by atoms with E-state index in [1.807, 2.05) is 48.7 Å². The van der Waals surface area contributed by atoms with Gasteiger partial charge in [0, 0.05) is 23.6 Å². The molecule has 0 saturated carbocycles. The van der Waals surface area contributed by atoms with Crippen molar-refractivity contribution in [2.24, 2.45) is 0 Å². The first-order valence-electron chi connectivity index (χ1n) is 9.36. The Kier molecular flexibility index (Phi) is 6.08. The van der Waals surface area contributed by atoms with Gasteiger partial charge in [-0.3, -0.25) is 9.69 Å². The maximum Gasteiger partial charge on any atom is 0.241 e. The SMILES string of the molecule is CCN(CC)C(C(=O)NCCc1c[nH]c2ccccc12)c1ccccc1. The molecular formula is C22H27N3O. The van der Waals surface area contributed by atoms with E-state index < -0.39 is 0 Å². The highest BCUT2D eigenvalue weighted by atomic mass is 16.2. The van der Waals surface area contributed by atoms with Gasteiger partial charge in [0.1, 0.15) is 6.04 Å². The molecule has 1 aromatic heterocycles. The Morgan fingerprint density at radius 3 is 2.46 bits per heavy atom. The van der Waals surface area contributed by atoms with Gasteiger partial charge in [-0.2, -0.15) is 0 Å². The van der Waals surface area contributed by atoms with Crippen LogP contribution in [0.3, 0.4) is 0 Å². The summed E-state index contributed by atoms with van der Waals surface area (Å²) in [5.74, 6) is 0.0692. The zero-order chi connectivity index (χ0) is 18.4. The molecule has 0 aliphatic carbocycles. The number of likely N-dealkylation sites (N-methyl/N-ethyl adjacent to an activating group) is 1. The summed E-state index contributed by atoms with van der Waals surface area (Å²) in [6, 6.07) is 18.0. The Labute approximate surface area is 155 Å². The van der Waals surface area contributed by atoms with Crippen molar-refractivity contribution in [1.82, 2.24) is 15.2 Å². The third-order valence-electron chi connectivity index (χ3n) is 4.91. The molecule has 1 heterocycles. The zero-order valence-corrected chi connectivity index (χ0v) is 15.5. The average Bonchev–Trinajstić information content (AvgIpc) is 3.10. The molecule has 0 fully saturated rings. The summed E-state index contributed by atoms with van der Waals surface area (Å²) in [7, 11) is 0. The Morgan fingerprint density at radius 2 is 1.73 bits per heavy atom. The van der Waals surface area contributed by atoms with Crippen molar-refractivity contribution >= 4 is 16.8 Å². The molecule has 0 saturated heterocycles. The smallest absolute Gasteiger partial charge is 0.241 e. The van der Waals surface area contributed by atoms with Crippen molar-refractivity contribution < 1.29 is 4.79 Å². The van der Waals surface area contributed by atoms with Crippen LogP contribution in [-0.4, -0.2) is 35.4 Å². The molecule has 0 spiro atoms. The van der Waals surface area contributed by atoms with Gasteiger partial charge in [0.2, 0.25) is 5.91 Å². The van der Waals surface area contributed by atoms with Crippen LogP contribution in [0.2, 0.25) is 0 Å². The van der Waals surface area contributed by atoms with Crippen LogP contribution < -0.4 is 5.32 Å². The third-order valence-corrected chi connectivity index (χ3v) is 4.91. The molecule has 2 aromatic carbocycles. The van der Waals surface area contributed by atoms with E-state index >= 15 is 0 Å². The van der Waals surface area contributed by atoms with E-state index in [0.29, 0.717) is 6.54 Å². The number of benzene rings is 2. The number of nitrogens with one attached hydrogen (secondary N) is 2. The fourth-order valence-corrected chi connectivity index (χ4v) is 3.51. The Hall–Kier alpha value is -2.59. The van der Waals surface area contributed by atoms with Gasteiger partial charge in [0.15, 0.2) is 0 Å². The third kappa shape index (κ3) is 3.97. The number of aromatic amines is 1. The number of hydrogen-bond donors (Lipinski definition) is 2. The number of aromatic nitrogens is 1. The number of nitrogens with zero attached hydrogens (tertiary/aromatic N) is 1. The second-order valence-electron chi connectivity index (χ2n) is 6.43. The number of carbonyl (C=O) groups excluding carboxylic acids is 1. The van der Waals surface area contributed by atoms with Crippen molar-refractivity contribution in [2.45, 2.75) is 26.3 Å². The summed E-state index contributed by atoms with van der Waals surface area (Å²) in [6.45, 7) is 6.50. The average molecular weight is 349 g/mol. The molecule has 1 atom stereocenters. The highest BCUT2D eigenvalue weighted by molar-refractivity contribution is 5.84. The van der Waals surface area contributed by atoms with Gasteiger partial charge in [0.25, 0.3) is 0 Å². The van der Waals surface area contributed by atoms with Crippen LogP contribution >= 0.6 is 0 Å². The van der Waals surface area contributed by atoms with Crippen LogP contribution in [0, 0.1) is 0 Å². The Balaban J connectivity index is 1.68. The quantitative estimate of drug-likeness (QED) is 0.648. The summed E-state index contributed by atoms with van der Waals surface area (Å²) in [4.78, 5) is 18.4. The highest BCUT2D eigenvalue weighted by Gasteiger charge is 2.25. The molecule has 0 bridgehead atoms. The van der Waals surface area contributed by atoms with Crippen molar-refractivity contribution in [3.63, 3.8) is 0 Å². The van der Waals surface area contributed by atoms with Gasteiger partial charge in [-0.1, -0.05) is 62.4 Å². The molecule has 3 rings (SSSR count). The molecule has 1 unspecified atom stereocenters. The van der Waals surface area contributed by atoms with Crippen LogP contribution in [0.5, 0.6) is 0 Å². The summed E-state index contributed by atoms with van der Waals surface area (Å²) in [6.07, 6.45) is 2.85. The highest BCUT2D eigenvalue weighted by Crippen LogP contribution is 2.21. The normalized spacial score (nSPS) is 12.4. The second-order valence-corrected chi connectivity index (χ2v) is 6.43. The zero-order valence-electron chi connectivity index (χ0n) is 15.5. The first-order valence-corrected chi connectivity index (χ1v) is 9.36. The van der Waals surface area contributed by atoms with Crippen molar-refractivity contribution in [2.75, 3.05) is 19.6 Å². The summed E-state index contributed by atoms with van der Waals surface area (Å²) in [5, 5.41) is 4.37. The van der Waals surface area contributed by atoms with E-state index in [9.17, 15) is 4.79 Å². The number of fused-ring (bicyclic) bond motifs is 1. The number of amides is 1. The predicted octanol–water partition coefficient (Wildman–Crippen LogP) is 3.91. The minimum Gasteiger partial charge on any atom is -0.361 e. The van der Waals surface area contributed by atoms with E-state index in [-0.39, 0.29) is 11.9 Å². The topological polar surface area (TPSA) is 48.1 Å². The molecule has 2 N–H and O–H groups in total. The van der Waals surface area contributed by atoms with Gasteiger partial charge in [-0.25, -0.2) is 0 Å². The summed E-state index contributed by atoms with van der Waals surface area (Å²) in [5.41, 5.74) is 3.42. The number of carbonyl (C=O) groups is 1. The molecule has 4 heteroatoms. The van der Waals surface area contributed by atoms with Crippen LogP contribution in [0.25, 0.3) is 10.9 Å². The monoisotopic (exact) mass is 349 g/mol. The van der Waals surface area contributed by atoms with E-state index in [4.69, 9.17) is 0 Å². The molecule has 0 aliphatic rings. The maximum absolute atomic E-state index is 12.9. The first kappa shape index (κ1) is 18.2. The lowest BCUT2D eigenvalue weighted by Gasteiger charge is -2.29. The van der Waals surface area contributed by atoms with Gasteiger partial charge >= 0.3 is 0 Å². The lowest BCUT2D eigenvalue weighted by Crippen LogP contribution is -2.41. The molecule has 1 amide bonds. The van der Waals surface area contributed by atoms with Gasteiger partial charge in [-0.05, 0) is 36.7 Å². The number of rotatable bonds is 8. The number of para-hydroxylation sites is 1. The largest absolute Gasteiger partial charge is 0.361 e. The van der Waals surface area contributed by atoms with E-state index in [1.54, 1.807) is 0 Å². The molecule has 136 valence electrons. The van der Waals surface area contributed by atoms with Gasteiger partial charge in [0.05, 0.1) is 0 Å². The molecule has 3 aromatic rings. The molecule has 0 aliphatic heterocycles. The number of hydrogen-bond acceptors (Lipinski definition) is 2.